The topological polar surface area (TPSA) is 156 Å². The number of hydrogen-bond acceptors (Lipinski definition) is 12. The first kappa shape index (κ1) is 43.3. The van der Waals surface area contributed by atoms with E-state index in [1.807, 2.05) is 49.5 Å². The van der Waals surface area contributed by atoms with Crippen molar-refractivity contribution >= 4 is 22.7 Å². The quantitative estimate of drug-likeness (QED) is 0.115. The van der Waals surface area contributed by atoms with Gasteiger partial charge in [-0.1, -0.05) is 33.1 Å². The predicted octanol–water partition coefficient (Wildman–Crippen LogP) is 6.06. The molecule has 4 fully saturated rings. The average Bonchev–Trinajstić information content (AvgIpc) is 4.08. The summed E-state index contributed by atoms with van der Waals surface area (Å²) in [6.07, 6.45) is 18.4. The van der Waals surface area contributed by atoms with Gasteiger partial charge in [-0.25, -0.2) is 0 Å². The van der Waals surface area contributed by atoms with Gasteiger partial charge in [-0.2, -0.15) is 10.2 Å². The molecule has 2 aromatic carbocycles. The lowest BCUT2D eigenvalue weighted by Gasteiger charge is -2.40. The fourth-order valence-electron chi connectivity index (χ4n) is 8.93. The lowest BCUT2D eigenvalue weighted by atomic mass is 10.0. The number of nitrogens with zero attached hydrogens (tertiary/aromatic N) is 9. The summed E-state index contributed by atoms with van der Waals surface area (Å²) in [5, 5.41) is 27.1. The molecule has 2 saturated heterocycles. The van der Waals surface area contributed by atoms with Gasteiger partial charge in [0, 0.05) is 150 Å². The van der Waals surface area contributed by atoms with E-state index in [9.17, 15) is 10.1 Å². The number of rotatable bonds is 9. The second kappa shape index (κ2) is 20.0. The molecule has 312 valence electrons. The van der Waals surface area contributed by atoms with Crippen LogP contribution >= 0.6 is 0 Å². The molecule has 15 heteroatoms. The lowest BCUT2D eigenvalue weighted by molar-refractivity contribution is -0.385. The maximum atomic E-state index is 11.5. The Morgan fingerprint density at radius 1 is 0.684 bits per heavy atom. The fourth-order valence-corrected chi connectivity index (χ4v) is 8.93. The third-order valence-corrected chi connectivity index (χ3v) is 11.9. The molecular weight excluding hydrogens is 725 g/mol. The van der Waals surface area contributed by atoms with Crippen LogP contribution in [-0.2, 0) is 14.1 Å². The predicted molar refractivity (Wildman–Crippen MR) is 228 cm³/mol. The van der Waals surface area contributed by atoms with Gasteiger partial charge >= 0.3 is 5.69 Å². The summed E-state index contributed by atoms with van der Waals surface area (Å²) >= 11 is 0. The van der Waals surface area contributed by atoms with Crippen molar-refractivity contribution < 1.29 is 19.5 Å². The van der Waals surface area contributed by atoms with Crippen LogP contribution in [0.5, 0.6) is 11.5 Å². The Morgan fingerprint density at radius 2 is 1.09 bits per heavy atom. The van der Waals surface area contributed by atoms with E-state index >= 15 is 0 Å². The third kappa shape index (κ3) is 10.00. The lowest BCUT2D eigenvalue weighted by Crippen LogP contribution is -2.49. The molecule has 0 spiro atoms. The van der Waals surface area contributed by atoms with Crippen molar-refractivity contribution in [2.45, 2.75) is 70.9 Å². The highest BCUT2D eigenvalue weighted by molar-refractivity contribution is 5.84. The van der Waals surface area contributed by atoms with Crippen LogP contribution in [0.4, 0.5) is 22.7 Å². The number of nitrogens with two attached hydrogens (primary N) is 1. The minimum Gasteiger partial charge on any atom is -0.495 e. The highest BCUT2D eigenvalue weighted by atomic mass is 16.6. The molecule has 0 bridgehead atoms. The van der Waals surface area contributed by atoms with Gasteiger partial charge in [0.1, 0.15) is 5.75 Å². The SMILES string of the molecule is C.CO.COc1cc(N2CCN(C3CCCC3)CC2)c(-c2cnn(C)c2)cc1N.COc1cc(N2CCN(C3CCCC3)CC2)c(-c2cnn(C)c2)cc1[N+](=O)[O-]. The molecule has 15 nitrogen and oxygen atoms in total. The molecule has 2 saturated carbocycles. The number of methoxy groups -OCH3 is 2. The minimum absolute atomic E-state index is 0. The Morgan fingerprint density at radius 3 is 1.46 bits per heavy atom. The third-order valence-electron chi connectivity index (χ3n) is 11.9. The van der Waals surface area contributed by atoms with Crippen LogP contribution < -0.4 is 25.0 Å². The smallest absolute Gasteiger partial charge is 0.311 e. The van der Waals surface area contributed by atoms with Gasteiger partial charge < -0.3 is 30.1 Å². The zero-order chi connectivity index (χ0) is 39.8. The Bertz CT molecular complexity index is 1890. The average molecular weight is 789 g/mol. The van der Waals surface area contributed by atoms with Crippen LogP contribution in [0.25, 0.3) is 22.3 Å². The number of aliphatic hydroxyl groups excluding tert-OH is 1. The molecule has 4 aromatic rings. The van der Waals surface area contributed by atoms with Crippen LogP contribution in [0.3, 0.4) is 0 Å². The van der Waals surface area contributed by atoms with E-state index in [4.69, 9.17) is 20.3 Å². The van der Waals surface area contributed by atoms with E-state index in [1.165, 1.54) is 64.2 Å². The van der Waals surface area contributed by atoms with E-state index in [2.05, 4.69) is 35.9 Å². The number of aromatic nitrogens is 4. The summed E-state index contributed by atoms with van der Waals surface area (Å²) < 4.78 is 14.4. The Hall–Kier alpha value is -4.86. The summed E-state index contributed by atoms with van der Waals surface area (Å²) in [7, 11) is 7.95. The zero-order valence-electron chi connectivity index (χ0n) is 33.8. The number of anilines is 3. The first-order valence-electron chi connectivity index (χ1n) is 20.0. The standard InChI is InChI=1S/C20H27N5O3.C20H29N5O.CH4O.CH4/c1-22-14-15(13-21-22)17-11-19(25(26)27)20(28-2)12-18(17)24-9-7-23(8-10-24)16-5-3-4-6-16;1-23-14-15(13-22-23)17-11-18(21)20(26-2)12-19(17)25-9-7-24(8-10-25)16-5-3-4-6-16;1-2;/h11-14,16H,3-10H2,1-2H3;11-14,16H,3-10,21H2,1-2H3;2H,1H3;1H4. The molecule has 0 atom stereocenters. The molecular formula is C42H64N10O5. The van der Waals surface area contributed by atoms with E-state index in [-0.39, 0.29) is 18.0 Å². The second-order valence-electron chi connectivity index (χ2n) is 15.1. The zero-order valence-corrected chi connectivity index (χ0v) is 33.8. The van der Waals surface area contributed by atoms with Crippen LogP contribution in [0.15, 0.2) is 49.1 Å². The van der Waals surface area contributed by atoms with Crippen LogP contribution in [0.1, 0.15) is 58.8 Å². The number of hydrogen-bond donors (Lipinski definition) is 2. The second-order valence-corrected chi connectivity index (χ2v) is 15.1. The van der Waals surface area contributed by atoms with Crippen molar-refractivity contribution in [1.29, 1.82) is 0 Å². The Kier molecular flexibility index (Phi) is 15.2. The molecule has 57 heavy (non-hydrogen) atoms. The van der Waals surface area contributed by atoms with Crippen LogP contribution in [0, 0.1) is 10.1 Å². The van der Waals surface area contributed by atoms with Gasteiger partial charge in [-0.3, -0.25) is 29.3 Å². The number of piperazine rings is 2. The molecule has 4 heterocycles. The van der Waals surface area contributed by atoms with Gasteiger partial charge in [0.05, 0.1) is 37.2 Å². The van der Waals surface area contributed by atoms with Crippen molar-refractivity contribution in [2.24, 2.45) is 14.1 Å². The molecule has 2 aliphatic heterocycles. The molecule has 0 unspecified atom stereocenters. The van der Waals surface area contributed by atoms with E-state index in [0.717, 1.165) is 105 Å². The van der Waals surface area contributed by atoms with E-state index in [0.29, 0.717) is 11.4 Å². The number of ether oxygens (including phenoxy) is 2. The molecule has 8 rings (SSSR count). The largest absolute Gasteiger partial charge is 0.495 e. The number of nitro groups is 1. The molecule has 3 N–H and O–H groups in total. The summed E-state index contributed by atoms with van der Waals surface area (Å²) in [6, 6.07) is 9.07. The number of benzene rings is 2. The van der Waals surface area contributed by atoms with Gasteiger partial charge in [-0.05, 0) is 31.7 Å². The number of nitro benzene ring substituents is 1. The highest BCUT2D eigenvalue weighted by Crippen LogP contribution is 2.42. The van der Waals surface area contributed by atoms with Crippen molar-refractivity contribution in [1.82, 2.24) is 29.4 Å². The normalized spacial score (nSPS) is 18.0. The summed E-state index contributed by atoms with van der Waals surface area (Å²) in [5.41, 5.74) is 12.9. The Labute approximate surface area is 338 Å². The molecule has 4 aliphatic rings. The highest BCUT2D eigenvalue weighted by Gasteiger charge is 2.30. The maximum Gasteiger partial charge on any atom is 0.311 e. The van der Waals surface area contributed by atoms with Crippen molar-refractivity contribution in [3.8, 4) is 33.8 Å². The number of nitrogen functional groups attached to an aromatic ring is 1. The monoisotopic (exact) mass is 789 g/mol. The number of aliphatic hydroxyl groups is 1. The van der Waals surface area contributed by atoms with E-state index < -0.39 is 0 Å². The molecule has 0 radical (unpaired) electrons. The first-order chi connectivity index (χ1) is 27.2. The van der Waals surface area contributed by atoms with Gasteiger partial charge in [0.2, 0.25) is 0 Å². The summed E-state index contributed by atoms with van der Waals surface area (Å²) in [4.78, 5) is 21.2. The molecule has 0 amide bonds. The van der Waals surface area contributed by atoms with Gasteiger partial charge in [0.25, 0.3) is 0 Å². The molecule has 2 aromatic heterocycles. The van der Waals surface area contributed by atoms with Crippen LogP contribution in [-0.4, -0.2) is 125 Å². The number of aryl methyl sites for hydroxylation is 2. The van der Waals surface area contributed by atoms with Gasteiger partial charge in [-0.15, -0.1) is 0 Å². The minimum atomic E-state index is -0.388. The van der Waals surface area contributed by atoms with Gasteiger partial charge in [0.15, 0.2) is 5.75 Å². The van der Waals surface area contributed by atoms with Crippen molar-refractivity contribution in [2.75, 3.05) is 89.2 Å². The van der Waals surface area contributed by atoms with Crippen LogP contribution in [0.2, 0.25) is 0 Å². The summed E-state index contributed by atoms with van der Waals surface area (Å²) in [5.74, 6) is 1.04. The fraction of sp³-hybridized carbons (Fsp3) is 0.571. The Balaban J connectivity index is 0.000000206. The molecule has 2 aliphatic carbocycles. The summed E-state index contributed by atoms with van der Waals surface area (Å²) in [6.45, 7) is 8.20. The maximum absolute atomic E-state index is 11.5. The van der Waals surface area contributed by atoms with E-state index in [1.54, 1.807) is 24.1 Å². The van der Waals surface area contributed by atoms with Crippen molar-refractivity contribution in [3.05, 3.63) is 59.2 Å². The van der Waals surface area contributed by atoms with Crippen molar-refractivity contribution in [3.63, 3.8) is 0 Å². The first-order valence-corrected chi connectivity index (χ1v) is 20.0.